The first-order valence-electron chi connectivity index (χ1n) is 16.5. The largest absolute Gasteiger partial charge is 0.397 e. The van der Waals surface area contributed by atoms with Crippen LogP contribution in [0.25, 0.3) is 0 Å². The molecule has 0 spiro atoms. The molecule has 0 saturated carbocycles. The molecule has 6 rings (SSSR count). The molecule has 2 aromatic carbocycles. The van der Waals surface area contributed by atoms with Crippen LogP contribution in [0.1, 0.15) is 55.2 Å². The number of para-hydroxylation sites is 1. The van der Waals surface area contributed by atoms with Gasteiger partial charge in [0.05, 0.1) is 10.7 Å². The number of carbonyl (C=O) groups excluding carboxylic acids is 3. The van der Waals surface area contributed by atoms with E-state index < -0.39 is 6.04 Å². The number of piperidine rings is 3. The number of rotatable bonds is 6. The number of fused-ring (bicyclic) bond motifs is 1. The number of nitrogens with one attached hydrogen (secondary N) is 3. The fourth-order valence-corrected chi connectivity index (χ4v) is 7.93. The zero-order chi connectivity index (χ0) is 31.5. The summed E-state index contributed by atoms with van der Waals surface area (Å²) in [4.78, 5) is 46.1. The van der Waals surface area contributed by atoms with Gasteiger partial charge >= 0.3 is 12.1 Å². The first kappa shape index (κ1) is 31.5. The number of amides is 5. The summed E-state index contributed by atoms with van der Waals surface area (Å²) in [6.07, 6.45) is 6.13. The fourth-order valence-electron chi connectivity index (χ4n) is 7.65. The Kier molecular flexibility index (Phi) is 9.70. The van der Waals surface area contributed by atoms with Gasteiger partial charge in [-0.3, -0.25) is 4.79 Å². The van der Waals surface area contributed by atoms with Crippen molar-refractivity contribution in [1.29, 1.82) is 0 Å². The van der Waals surface area contributed by atoms with Crippen molar-refractivity contribution in [2.24, 2.45) is 11.8 Å². The van der Waals surface area contributed by atoms with Gasteiger partial charge in [-0.1, -0.05) is 35.9 Å². The molecule has 1 atom stereocenters. The van der Waals surface area contributed by atoms with Crippen molar-refractivity contribution in [2.75, 3.05) is 50.3 Å². The molecular weight excluding hydrogens is 590 g/mol. The predicted octanol–water partition coefficient (Wildman–Crippen LogP) is 4.60. The van der Waals surface area contributed by atoms with Gasteiger partial charge in [0.2, 0.25) is 5.91 Å². The van der Waals surface area contributed by atoms with E-state index >= 15 is 0 Å². The average molecular weight is 636 g/mol. The average Bonchev–Trinajstić information content (AvgIpc) is 3.06. The molecule has 0 bridgehead atoms. The summed E-state index contributed by atoms with van der Waals surface area (Å²) in [5.74, 6) is 1.34. The van der Waals surface area contributed by atoms with Gasteiger partial charge in [-0.25, -0.2) is 9.59 Å². The molecule has 4 heterocycles. The van der Waals surface area contributed by atoms with Gasteiger partial charge < -0.3 is 36.4 Å². The van der Waals surface area contributed by atoms with Crippen molar-refractivity contribution in [3.63, 3.8) is 0 Å². The van der Waals surface area contributed by atoms with Gasteiger partial charge in [0.15, 0.2) is 0 Å². The summed E-state index contributed by atoms with van der Waals surface area (Å²) in [6.45, 7) is 7.08. The topological polar surface area (TPSA) is 123 Å². The third-order valence-electron chi connectivity index (χ3n) is 10.4. The summed E-state index contributed by atoms with van der Waals surface area (Å²) in [6, 6.07) is 10.6. The lowest BCUT2D eigenvalue weighted by molar-refractivity contribution is -0.135. The van der Waals surface area contributed by atoms with Gasteiger partial charge in [0.25, 0.3) is 0 Å². The first-order chi connectivity index (χ1) is 21.8. The van der Waals surface area contributed by atoms with E-state index in [2.05, 4.69) is 16.0 Å². The highest BCUT2D eigenvalue weighted by Crippen LogP contribution is 2.32. The second-order valence-corrected chi connectivity index (χ2v) is 13.6. The van der Waals surface area contributed by atoms with Gasteiger partial charge in [0.1, 0.15) is 6.04 Å². The van der Waals surface area contributed by atoms with E-state index in [1.807, 2.05) is 47.1 Å². The molecule has 45 heavy (non-hydrogen) atoms. The number of urea groups is 2. The van der Waals surface area contributed by atoms with Gasteiger partial charge in [-0.15, -0.1) is 0 Å². The van der Waals surface area contributed by atoms with Crippen LogP contribution >= 0.6 is 11.6 Å². The normalized spacial score (nSPS) is 20.8. The van der Waals surface area contributed by atoms with Crippen molar-refractivity contribution in [2.45, 2.75) is 70.5 Å². The summed E-state index contributed by atoms with van der Waals surface area (Å²) < 4.78 is 0. The van der Waals surface area contributed by atoms with Crippen LogP contribution in [0.15, 0.2) is 36.4 Å². The second-order valence-electron chi connectivity index (χ2n) is 13.2. The second kappa shape index (κ2) is 13.9. The minimum atomic E-state index is -0.714. The Morgan fingerprint density at radius 1 is 0.978 bits per heavy atom. The third kappa shape index (κ3) is 7.17. The zero-order valence-corrected chi connectivity index (χ0v) is 27.0. The maximum absolute atomic E-state index is 14.0. The van der Waals surface area contributed by atoms with Gasteiger partial charge in [0, 0.05) is 50.9 Å². The number of nitrogen functional groups attached to an aromatic ring is 1. The highest BCUT2D eigenvalue weighted by molar-refractivity contribution is 6.33. The Morgan fingerprint density at radius 3 is 2.36 bits per heavy atom. The Hall–Kier alpha value is -3.50. The van der Waals surface area contributed by atoms with E-state index in [0.29, 0.717) is 68.6 Å². The van der Waals surface area contributed by atoms with E-state index in [1.165, 1.54) is 12.8 Å². The van der Waals surface area contributed by atoms with Crippen molar-refractivity contribution in [1.82, 2.24) is 25.3 Å². The molecule has 0 radical (unpaired) electrons. The van der Waals surface area contributed by atoms with Gasteiger partial charge in [-0.2, -0.15) is 0 Å². The lowest BCUT2D eigenvalue weighted by Gasteiger charge is -2.41. The molecule has 3 fully saturated rings. The lowest BCUT2D eigenvalue weighted by Crippen LogP contribution is -2.57. The number of hydrogen-bond acceptors (Lipinski definition) is 5. The lowest BCUT2D eigenvalue weighted by atomic mass is 9.79. The Balaban J connectivity index is 1.09. The first-order valence-corrected chi connectivity index (χ1v) is 16.9. The fraction of sp³-hybridized carbons (Fsp3) is 0.559. The van der Waals surface area contributed by atoms with Crippen LogP contribution in [0.3, 0.4) is 0 Å². The third-order valence-corrected chi connectivity index (χ3v) is 10.7. The van der Waals surface area contributed by atoms with Crippen molar-refractivity contribution < 1.29 is 14.4 Å². The number of nitrogens with zero attached hydrogens (tertiary/aromatic N) is 3. The molecule has 242 valence electrons. The molecular formula is C34H46ClN7O3. The molecule has 0 unspecified atom stereocenters. The number of carbonyl (C=O) groups is 3. The molecule has 0 aromatic heterocycles. The van der Waals surface area contributed by atoms with E-state index in [9.17, 15) is 14.4 Å². The van der Waals surface area contributed by atoms with E-state index in [-0.39, 0.29) is 24.0 Å². The predicted molar refractivity (Wildman–Crippen MR) is 177 cm³/mol. The summed E-state index contributed by atoms with van der Waals surface area (Å²) in [5.41, 5.74) is 10.3. The van der Waals surface area contributed by atoms with Crippen LogP contribution in [0.2, 0.25) is 5.02 Å². The number of anilines is 2. The van der Waals surface area contributed by atoms with Crippen LogP contribution in [0.5, 0.6) is 0 Å². The number of halogens is 1. The van der Waals surface area contributed by atoms with Crippen molar-refractivity contribution in [3.8, 4) is 0 Å². The smallest absolute Gasteiger partial charge is 0.322 e. The van der Waals surface area contributed by atoms with Crippen LogP contribution in [0.4, 0.5) is 21.0 Å². The van der Waals surface area contributed by atoms with Crippen LogP contribution in [-0.2, 0) is 17.8 Å². The van der Waals surface area contributed by atoms with Crippen molar-refractivity contribution in [3.05, 3.63) is 58.1 Å². The van der Waals surface area contributed by atoms with Crippen LogP contribution in [-0.4, -0.2) is 84.0 Å². The summed E-state index contributed by atoms with van der Waals surface area (Å²) >= 11 is 6.41. The monoisotopic (exact) mass is 635 g/mol. The molecule has 3 saturated heterocycles. The number of benzene rings is 2. The standard InChI is InChI=1S/C34H46ClN7O3/c1-22-18-23(19-28(35)31(22)36)20-30(32(43)40-14-8-25(9-15-40)24-6-12-37-13-7-24)39-33(44)41-16-10-27(11-17-41)42-21-26-4-2-3-5-29(26)38-34(42)45/h2-5,18-19,24-25,27,30,37H,6-17,20-21,36H2,1H3,(H,38,45)(H,39,44)/t30-/m1/s1. The highest BCUT2D eigenvalue weighted by Gasteiger charge is 2.36. The highest BCUT2D eigenvalue weighted by atomic mass is 35.5. The molecule has 2 aromatic rings. The molecule has 5 N–H and O–H groups in total. The zero-order valence-electron chi connectivity index (χ0n) is 26.2. The Bertz CT molecular complexity index is 1370. The number of likely N-dealkylation sites (tertiary alicyclic amines) is 2. The number of nitrogens with two attached hydrogens (primary N) is 1. The van der Waals surface area contributed by atoms with E-state index in [1.54, 1.807) is 11.0 Å². The summed E-state index contributed by atoms with van der Waals surface area (Å²) in [5, 5.41) is 10.0. The molecule has 10 nitrogen and oxygen atoms in total. The molecule has 0 aliphatic carbocycles. The van der Waals surface area contributed by atoms with Crippen LogP contribution in [0, 0.1) is 18.8 Å². The van der Waals surface area contributed by atoms with Crippen molar-refractivity contribution >= 4 is 40.9 Å². The van der Waals surface area contributed by atoms with Crippen LogP contribution < -0.4 is 21.7 Å². The minimum Gasteiger partial charge on any atom is -0.397 e. The molecule has 4 aliphatic heterocycles. The van der Waals surface area contributed by atoms with E-state index in [4.69, 9.17) is 17.3 Å². The SMILES string of the molecule is Cc1cc(C[C@@H](NC(=O)N2CCC(N3Cc4ccccc4NC3=O)CC2)C(=O)N2CCC(C3CCNCC3)CC2)cc(Cl)c1N. The Morgan fingerprint density at radius 2 is 1.64 bits per heavy atom. The number of hydrogen-bond donors (Lipinski definition) is 4. The minimum absolute atomic E-state index is 0.0426. The molecule has 11 heteroatoms. The maximum atomic E-state index is 14.0. The van der Waals surface area contributed by atoms with E-state index in [0.717, 1.165) is 54.2 Å². The maximum Gasteiger partial charge on any atom is 0.322 e. The molecule has 4 aliphatic rings. The van der Waals surface area contributed by atoms with Gasteiger partial charge in [-0.05, 0) is 99.2 Å². The summed E-state index contributed by atoms with van der Waals surface area (Å²) in [7, 11) is 0. The molecule has 5 amide bonds. The number of aryl methyl sites for hydroxylation is 1. The quantitative estimate of drug-likeness (QED) is 0.346. The Labute approximate surface area is 271 Å².